The highest BCUT2D eigenvalue weighted by Gasteiger charge is 2.20. The number of aromatic hydroxyl groups is 1. The Kier molecular flexibility index (Phi) is 4.08. The number of rotatable bonds is 4. The maximum Gasteiger partial charge on any atom is 0.331 e. The molecule has 106 valence electrons. The van der Waals surface area contributed by atoms with E-state index in [0.717, 1.165) is 5.56 Å². The van der Waals surface area contributed by atoms with Gasteiger partial charge in [-0.3, -0.25) is 14.3 Å². The van der Waals surface area contributed by atoms with Crippen LogP contribution < -0.4 is 11.2 Å². The van der Waals surface area contributed by atoms with Crippen LogP contribution in [0.4, 0.5) is 0 Å². The van der Waals surface area contributed by atoms with E-state index in [1.165, 1.54) is 4.57 Å². The Labute approximate surface area is 116 Å². The highest BCUT2D eigenvalue weighted by atomic mass is 16.3. The van der Waals surface area contributed by atoms with Crippen molar-refractivity contribution in [1.29, 1.82) is 0 Å². The zero-order chi connectivity index (χ0) is 14.7. The van der Waals surface area contributed by atoms with Gasteiger partial charge in [-0.05, 0) is 18.4 Å². The number of aromatic nitrogens is 2. The minimum atomic E-state index is -0.583. The lowest BCUT2D eigenvalue weighted by molar-refractivity contribution is 0.371. The van der Waals surface area contributed by atoms with Crippen LogP contribution in [-0.2, 0) is 6.42 Å². The lowest BCUT2D eigenvalue weighted by atomic mass is 10.0. The van der Waals surface area contributed by atoms with Crippen LogP contribution in [0.25, 0.3) is 0 Å². The van der Waals surface area contributed by atoms with E-state index in [2.05, 4.69) is 4.98 Å². The number of nitrogens with one attached hydrogen (secondary N) is 1. The largest absolute Gasteiger partial charge is 0.494 e. The van der Waals surface area contributed by atoms with E-state index in [9.17, 15) is 14.7 Å². The lowest BCUT2D eigenvalue weighted by Gasteiger charge is -2.20. The van der Waals surface area contributed by atoms with Crippen LogP contribution in [-0.4, -0.2) is 14.7 Å². The average Bonchev–Trinajstić information content (AvgIpc) is 2.44. The van der Waals surface area contributed by atoms with Crippen molar-refractivity contribution in [3.05, 3.63) is 62.3 Å². The van der Waals surface area contributed by atoms with Gasteiger partial charge in [0.25, 0.3) is 5.56 Å². The quantitative estimate of drug-likeness (QED) is 0.892. The topological polar surface area (TPSA) is 75.1 Å². The van der Waals surface area contributed by atoms with Crippen LogP contribution in [0.5, 0.6) is 5.88 Å². The van der Waals surface area contributed by atoms with Crippen molar-refractivity contribution < 1.29 is 5.11 Å². The van der Waals surface area contributed by atoms with Crippen LogP contribution in [0, 0.1) is 0 Å². The molecule has 1 unspecified atom stereocenters. The molecule has 1 aromatic carbocycles. The third-order valence-corrected chi connectivity index (χ3v) is 3.45. The highest BCUT2D eigenvalue weighted by molar-refractivity contribution is 5.27. The van der Waals surface area contributed by atoms with Crippen LogP contribution in [0.15, 0.2) is 39.9 Å². The van der Waals surface area contributed by atoms with E-state index in [-0.39, 0.29) is 17.5 Å². The number of hydrogen-bond acceptors (Lipinski definition) is 3. The van der Waals surface area contributed by atoms with E-state index >= 15 is 0 Å². The fraction of sp³-hybridized carbons (Fsp3) is 0.333. The second-order valence-electron chi connectivity index (χ2n) is 4.62. The highest BCUT2D eigenvalue weighted by Crippen LogP contribution is 2.25. The van der Waals surface area contributed by atoms with Gasteiger partial charge in [0.2, 0.25) is 5.88 Å². The molecule has 0 radical (unpaired) electrons. The number of hydrogen-bond donors (Lipinski definition) is 2. The van der Waals surface area contributed by atoms with E-state index in [4.69, 9.17) is 0 Å². The van der Waals surface area contributed by atoms with Gasteiger partial charge in [-0.15, -0.1) is 0 Å². The molecule has 5 heteroatoms. The van der Waals surface area contributed by atoms with Crippen molar-refractivity contribution in [1.82, 2.24) is 9.55 Å². The molecule has 2 rings (SSSR count). The second-order valence-corrected chi connectivity index (χ2v) is 4.62. The fourth-order valence-electron chi connectivity index (χ4n) is 2.43. The van der Waals surface area contributed by atoms with Crippen LogP contribution in [0.2, 0.25) is 0 Å². The Morgan fingerprint density at radius 3 is 2.40 bits per heavy atom. The number of aromatic amines is 1. The molecule has 0 spiro atoms. The minimum Gasteiger partial charge on any atom is -0.494 e. The Hall–Kier alpha value is -2.30. The van der Waals surface area contributed by atoms with Crippen LogP contribution >= 0.6 is 0 Å². The van der Waals surface area contributed by atoms with Gasteiger partial charge in [0.1, 0.15) is 0 Å². The lowest BCUT2D eigenvalue weighted by Crippen LogP contribution is -2.34. The molecule has 0 aliphatic heterocycles. The zero-order valence-corrected chi connectivity index (χ0v) is 11.6. The van der Waals surface area contributed by atoms with Gasteiger partial charge in [-0.1, -0.05) is 44.2 Å². The summed E-state index contributed by atoms with van der Waals surface area (Å²) >= 11 is 0. The molecule has 1 heterocycles. The molecule has 5 nitrogen and oxygen atoms in total. The number of H-pyrrole nitrogens is 1. The molecule has 0 amide bonds. The first kappa shape index (κ1) is 14.1. The molecule has 0 saturated heterocycles. The maximum absolute atomic E-state index is 12.1. The van der Waals surface area contributed by atoms with Gasteiger partial charge >= 0.3 is 5.69 Å². The Balaban J connectivity index is 2.68. The predicted molar refractivity (Wildman–Crippen MR) is 77.2 cm³/mol. The molecular formula is C15H18N2O3. The SMILES string of the molecule is CCc1c(O)n(C(CC)c2ccccc2)c(=O)[nH]c1=O. The van der Waals surface area contributed by atoms with Crippen molar-refractivity contribution in [2.45, 2.75) is 32.7 Å². The summed E-state index contributed by atoms with van der Waals surface area (Å²) in [4.78, 5) is 26.0. The molecule has 0 aliphatic rings. The van der Waals surface area contributed by atoms with Crippen molar-refractivity contribution >= 4 is 0 Å². The molecule has 1 aromatic heterocycles. The van der Waals surface area contributed by atoms with Gasteiger partial charge < -0.3 is 5.11 Å². The Morgan fingerprint density at radius 2 is 1.85 bits per heavy atom. The van der Waals surface area contributed by atoms with Crippen molar-refractivity contribution in [2.24, 2.45) is 0 Å². The Bertz CT molecular complexity index is 701. The maximum atomic E-state index is 12.1. The van der Waals surface area contributed by atoms with E-state index in [1.54, 1.807) is 6.92 Å². The van der Waals surface area contributed by atoms with Gasteiger partial charge in [-0.25, -0.2) is 4.79 Å². The standard InChI is InChI=1S/C15H18N2O3/c1-3-11-13(18)16-15(20)17(14(11)19)12(4-2)10-8-6-5-7-9-10/h5-9,12,19H,3-4H2,1-2H3,(H,16,18,20). The summed E-state index contributed by atoms with van der Waals surface area (Å²) < 4.78 is 1.26. The first-order valence-electron chi connectivity index (χ1n) is 6.71. The molecule has 20 heavy (non-hydrogen) atoms. The molecule has 0 saturated carbocycles. The van der Waals surface area contributed by atoms with Crippen molar-refractivity contribution in [3.63, 3.8) is 0 Å². The summed E-state index contributed by atoms with van der Waals surface area (Å²) in [5, 5.41) is 10.3. The second kappa shape index (κ2) is 5.77. The molecule has 0 fully saturated rings. The van der Waals surface area contributed by atoms with E-state index in [0.29, 0.717) is 12.8 Å². The Morgan fingerprint density at radius 1 is 1.20 bits per heavy atom. The smallest absolute Gasteiger partial charge is 0.331 e. The summed E-state index contributed by atoms with van der Waals surface area (Å²) in [6.07, 6.45) is 0.999. The minimum absolute atomic E-state index is 0.235. The van der Waals surface area contributed by atoms with Gasteiger partial charge in [0.05, 0.1) is 11.6 Å². The number of nitrogens with zero attached hydrogens (tertiary/aromatic N) is 1. The summed E-state index contributed by atoms with van der Waals surface area (Å²) in [5.74, 6) is -0.239. The van der Waals surface area contributed by atoms with E-state index < -0.39 is 11.2 Å². The van der Waals surface area contributed by atoms with Crippen molar-refractivity contribution in [2.75, 3.05) is 0 Å². The van der Waals surface area contributed by atoms with Gasteiger partial charge in [0, 0.05) is 0 Å². The third kappa shape index (κ3) is 2.39. The van der Waals surface area contributed by atoms with E-state index in [1.807, 2.05) is 37.3 Å². The normalized spacial score (nSPS) is 12.3. The molecule has 0 aliphatic carbocycles. The average molecular weight is 274 g/mol. The van der Waals surface area contributed by atoms with Crippen molar-refractivity contribution in [3.8, 4) is 5.88 Å². The summed E-state index contributed by atoms with van der Waals surface area (Å²) in [6.45, 7) is 3.70. The zero-order valence-electron chi connectivity index (χ0n) is 11.6. The monoisotopic (exact) mass is 274 g/mol. The summed E-state index contributed by atoms with van der Waals surface area (Å²) in [5.41, 5.74) is 0.0510. The molecule has 0 bridgehead atoms. The molecule has 1 atom stereocenters. The van der Waals surface area contributed by atoms with Gasteiger partial charge in [-0.2, -0.15) is 0 Å². The predicted octanol–water partition coefficient (Wildman–Crippen LogP) is 1.80. The number of benzene rings is 1. The van der Waals surface area contributed by atoms with Crippen LogP contribution in [0.3, 0.4) is 0 Å². The fourth-order valence-corrected chi connectivity index (χ4v) is 2.43. The molecule has 2 aromatic rings. The van der Waals surface area contributed by atoms with Gasteiger partial charge in [0.15, 0.2) is 0 Å². The summed E-state index contributed by atoms with van der Waals surface area (Å²) in [6, 6.07) is 9.15. The van der Waals surface area contributed by atoms with Crippen LogP contribution in [0.1, 0.15) is 37.4 Å². The molecule has 2 N–H and O–H groups in total. The first-order chi connectivity index (χ1) is 9.60. The first-order valence-corrected chi connectivity index (χ1v) is 6.71. The molecular weight excluding hydrogens is 256 g/mol. The summed E-state index contributed by atoms with van der Waals surface area (Å²) in [7, 11) is 0. The third-order valence-electron chi connectivity index (χ3n) is 3.45.